The van der Waals surface area contributed by atoms with Crippen molar-refractivity contribution >= 4 is 21.6 Å². The van der Waals surface area contributed by atoms with Crippen molar-refractivity contribution in [3.63, 3.8) is 0 Å². The molecule has 1 N–H and O–H groups in total. The molecule has 1 amide bonds. The lowest BCUT2D eigenvalue weighted by molar-refractivity contribution is 0.0950. The number of carbonyl (C=O) groups excluding carboxylic acids is 1. The lowest BCUT2D eigenvalue weighted by Crippen LogP contribution is -2.49. The topological polar surface area (TPSA) is 88.2 Å². The second kappa shape index (κ2) is 10.7. The minimum Gasteiger partial charge on any atom is -0.493 e. The van der Waals surface area contributed by atoms with Gasteiger partial charge in [0.1, 0.15) is 0 Å². The Hall–Kier alpha value is -2.78. The van der Waals surface area contributed by atoms with Gasteiger partial charge < -0.3 is 19.7 Å². The molecule has 0 unspecified atom stereocenters. The van der Waals surface area contributed by atoms with Gasteiger partial charge in [0.05, 0.1) is 25.5 Å². The van der Waals surface area contributed by atoms with E-state index >= 15 is 0 Å². The predicted octanol–water partition coefficient (Wildman–Crippen LogP) is 2.28. The number of hydrogen-bond donors (Lipinski definition) is 1. The fourth-order valence-electron chi connectivity index (χ4n) is 3.80. The number of aryl methyl sites for hydroxylation is 1. The zero-order chi connectivity index (χ0) is 23.1. The van der Waals surface area contributed by atoms with Crippen LogP contribution in [-0.2, 0) is 10.0 Å². The summed E-state index contributed by atoms with van der Waals surface area (Å²) < 4.78 is 37.5. The Kier molecular flexibility index (Phi) is 7.98. The Bertz CT molecular complexity index is 1030. The number of nitrogens with one attached hydrogen (secondary N) is 1. The van der Waals surface area contributed by atoms with Gasteiger partial charge in [0.2, 0.25) is 10.0 Å². The van der Waals surface area contributed by atoms with E-state index in [1.54, 1.807) is 22.5 Å². The molecule has 0 saturated carbocycles. The highest BCUT2D eigenvalue weighted by Crippen LogP contribution is 2.30. The van der Waals surface area contributed by atoms with Crippen molar-refractivity contribution in [1.29, 1.82) is 0 Å². The first-order chi connectivity index (χ1) is 15.4. The van der Waals surface area contributed by atoms with Gasteiger partial charge in [-0.3, -0.25) is 4.79 Å². The summed E-state index contributed by atoms with van der Waals surface area (Å²) in [6.45, 7) is 4.55. The van der Waals surface area contributed by atoms with Gasteiger partial charge in [-0.1, -0.05) is 18.2 Å². The van der Waals surface area contributed by atoms with Crippen LogP contribution in [0.1, 0.15) is 22.3 Å². The number of amides is 1. The van der Waals surface area contributed by atoms with E-state index in [4.69, 9.17) is 9.47 Å². The maximum atomic E-state index is 12.7. The Morgan fingerprint density at radius 3 is 2.41 bits per heavy atom. The van der Waals surface area contributed by atoms with Crippen LogP contribution in [0, 0.1) is 6.92 Å². The maximum absolute atomic E-state index is 12.7. The third kappa shape index (κ3) is 5.72. The average molecular weight is 462 g/mol. The SMILES string of the molecule is COc1cccc(C(=O)NCCCS(=O)(=O)N2CCN(c3cccc(C)c3)CC2)c1OC. The zero-order valence-corrected chi connectivity index (χ0v) is 19.7. The van der Waals surface area contributed by atoms with Gasteiger partial charge in [0, 0.05) is 38.4 Å². The maximum Gasteiger partial charge on any atom is 0.255 e. The van der Waals surface area contributed by atoms with Gasteiger partial charge >= 0.3 is 0 Å². The molecular formula is C23H31N3O5S. The molecule has 0 bridgehead atoms. The van der Waals surface area contributed by atoms with Gasteiger partial charge in [0.25, 0.3) is 5.91 Å². The van der Waals surface area contributed by atoms with E-state index in [2.05, 4.69) is 22.3 Å². The average Bonchev–Trinajstić information content (AvgIpc) is 2.81. The van der Waals surface area contributed by atoms with E-state index in [-0.39, 0.29) is 18.2 Å². The summed E-state index contributed by atoms with van der Waals surface area (Å²) in [7, 11) is -0.395. The highest BCUT2D eigenvalue weighted by molar-refractivity contribution is 7.89. The number of sulfonamides is 1. The molecular weight excluding hydrogens is 430 g/mol. The molecule has 0 aromatic heterocycles. The monoisotopic (exact) mass is 461 g/mol. The van der Waals surface area contributed by atoms with E-state index in [0.717, 1.165) is 5.69 Å². The molecule has 1 aliphatic heterocycles. The normalized spacial score (nSPS) is 14.8. The van der Waals surface area contributed by atoms with Crippen molar-refractivity contribution in [2.24, 2.45) is 0 Å². The smallest absolute Gasteiger partial charge is 0.255 e. The molecule has 0 radical (unpaired) electrons. The van der Waals surface area contributed by atoms with Crippen LogP contribution < -0.4 is 19.7 Å². The van der Waals surface area contributed by atoms with Crippen LogP contribution in [0.2, 0.25) is 0 Å². The highest BCUT2D eigenvalue weighted by Gasteiger charge is 2.26. The Labute approximate surface area is 190 Å². The molecule has 1 saturated heterocycles. The molecule has 0 aliphatic carbocycles. The standard InChI is InChI=1S/C23H31N3O5S/c1-18-7-4-8-19(17-18)25-12-14-26(15-13-25)32(28,29)16-6-11-24-23(27)20-9-5-10-21(30-2)22(20)31-3/h4-5,7-10,17H,6,11-16H2,1-3H3,(H,24,27). The lowest BCUT2D eigenvalue weighted by atomic mass is 10.1. The minimum absolute atomic E-state index is 0.00697. The van der Waals surface area contributed by atoms with Crippen LogP contribution >= 0.6 is 0 Å². The second-order valence-electron chi connectivity index (χ2n) is 7.69. The van der Waals surface area contributed by atoms with E-state index in [1.807, 2.05) is 19.1 Å². The number of carbonyl (C=O) groups is 1. The van der Waals surface area contributed by atoms with Crippen LogP contribution in [0.4, 0.5) is 5.69 Å². The van der Waals surface area contributed by atoms with Crippen molar-refractivity contribution in [2.45, 2.75) is 13.3 Å². The molecule has 8 nitrogen and oxygen atoms in total. The number of nitrogens with zero attached hydrogens (tertiary/aromatic N) is 2. The molecule has 0 spiro atoms. The van der Waals surface area contributed by atoms with Crippen molar-refractivity contribution in [1.82, 2.24) is 9.62 Å². The van der Waals surface area contributed by atoms with Gasteiger partial charge in [-0.2, -0.15) is 4.31 Å². The first kappa shape index (κ1) is 23.9. The number of rotatable bonds is 9. The number of methoxy groups -OCH3 is 2. The van der Waals surface area contributed by atoms with Crippen LogP contribution in [0.25, 0.3) is 0 Å². The molecule has 174 valence electrons. The fraction of sp³-hybridized carbons (Fsp3) is 0.435. The number of piperazine rings is 1. The van der Waals surface area contributed by atoms with E-state index in [9.17, 15) is 13.2 Å². The predicted molar refractivity (Wildman–Crippen MR) is 125 cm³/mol. The van der Waals surface area contributed by atoms with E-state index in [0.29, 0.717) is 49.7 Å². The summed E-state index contributed by atoms with van der Waals surface area (Å²) in [5.74, 6) is 0.483. The number of ether oxygens (including phenoxy) is 2. The van der Waals surface area contributed by atoms with Crippen LogP contribution in [0.15, 0.2) is 42.5 Å². The third-order valence-electron chi connectivity index (χ3n) is 5.51. The van der Waals surface area contributed by atoms with Gasteiger partial charge in [-0.15, -0.1) is 0 Å². The van der Waals surface area contributed by atoms with Crippen molar-refractivity contribution in [3.8, 4) is 11.5 Å². The highest BCUT2D eigenvalue weighted by atomic mass is 32.2. The Morgan fingerprint density at radius 1 is 1.03 bits per heavy atom. The first-order valence-corrected chi connectivity index (χ1v) is 12.3. The van der Waals surface area contributed by atoms with Gasteiger partial charge in [0.15, 0.2) is 11.5 Å². The largest absolute Gasteiger partial charge is 0.493 e. The minimum atomic E-state index is -3.37. The Morgan fingerprint density at radius 2 is 1.75 bits per heavy atom. The second-order valence-corrected chi connectivity index (χ2v) is 9.78. The third-order valence-corrected chi connectivity index (χ3v) is 7.47. The van der Waals surface area contributed by atoms with Crippen molar-refractivity contribution in [2.75, 3.05) is 57.6 Å². The number of hydrogen-bond acceptors (Lipinski definition) is 6. The summed E-state index contributed by atoms with van der Waals surface area (Å²) in [5, 5.41) is 2.77. The molecule has 0 atom stereocenters. The number of para-hydroxylation sites is 1. The van der Waals surface area contributed by atoms with Crippen LogP contribution in [-0.4, -0.2) is 71.3 Å². The number of anilines is 1. The van der Waals surface area contributed by atoms with Gasteiger partial charge in [-0.25, -0.2) is 8.42 Å². The molecule has 1 heterocycles. The summed E-state index contributed by atoms with van der Waals surface area (Å²) in [5.41, 5.74) is 2.66. The first-order valence-electron chi connectivity index (χ1n) is 10.6. The molecule has 3 rings (SSSR count). The molecule has 9 heteroatoms. The summed E-state index contributed by atoms with van der Waals surface area (Å²) in [6, 6.07) is 13.3. The molecule has 2 aromatic carbocycles. The van der Waals surface area contributed by atoms with Crippen LogP contribution in [0.5, 0.6) is 11.5 Å². The zero-order valence-electron chi connectivity index (χ0n) is 18.8. The number of benzene rings is 2. The molecule has 32 heavy (non-hydrogen) atoms. The van der Waals surface area contributed by atoms with Gasteiger partial charge in [-0.05, 0) is 43.2 Å². The van der Waals surface area contributed by atoms with E-state index < -0.39 is 10.0 Å². The summed E-state index contributed by atoms with van der Waals surface area (Å²) >= 11 is 0. The molecule has 1 aliphatic rings. The molecule has 1 fully saturated rings. The van der Waals surface area contributed by atoms with Crippen molar-refractivity contribution in [3.05, 3.63) is 53.6 Å². The molecule has 2 aromatic rings. The van der Waals surface area contributed by atoms with Crippen LogP contribution in [0.3, 0.4) is 0 Å². The Balaban J connectivity index is 1.47. The summed E-state index contributed by atoms with van der Waals surface area (Å²) in [6.07, 6.45) is 0.332. The van der Waals surface area contributed by atoms with E-state index in [1.165, 1.54) is 19.8 Å². The quantitative estimate of drug-likeness (QED) is 0.577. The van der Waals surface area contributed by atoms with Crippen molar-refractivity contribution < 1.29 is 22.7 Å². The fourth-order valence-corrected chi connectivity index (χ4v) is 5.28. The summed E-state index contributed by atoms with van der Waals surface area (Å²) in [4.78, 5) is 14.7. The lowest BCUT2D eigenvalue weighted by Gasteiger charge is -2.35.